The molecule has 2 saturated heterocycles. The average molecular weight is 428 g/mol. The van der Waals surface area contributed by atoms with Gasteiger partial charge in [-0.25, -0.2) is 4.98 Å². The van der Waals surface area contributed by atoms with Crippen molar-refractivity contribution in [3.8, 4) is 5.75 Å². The van der Waals surface area contributed by atoms with E-state index in [2.05, 4.69) is 39.0 Å². The summed E-state index contributed by atoms with van der Waals surface area (Å²) < 4.78 is 11.6. The van der Waals surface area contributed by atoms with E-state index in [0.29, 0.717) is 17.1 Å². The van der Waals surface area contributed by atoms with Gasteiger partial charge in [-0.2, -0.15) is 0 Å². The molecule has 160 valence electrons. The molecule has 1 unspecified atom stereocenters. The van der Waals surface area contributed by atoms with Gasteiger partial charge < -0.3 is 9.47 Å². The molecule has 1 aromatic carbocycles. The zero-order chi connectivity index (χ0) is 20.3. The number of aromatic nitrogens is 1. The van der Waals surface area contributed by atoms with Gasteiger partial charge in [-0.05, 0) is 60.7 Å². The average Bonchev–Trinajstić information content (AvgIpc) is 3.26. The summed E-state index contributed by atoms with van der Waals surface area (Å²) in [5, 5.41) is 0.551. The van der Waals surface area contributed by atoms with E-state index in [1.807, 2.05) is 12.3 Å². The van der Waals surface area contributed by atoms with E-state index in [1.54, 1.807) is 0 Å². The van der Waals surface area contributed by atoms with Crippen LogP contribution in [0.4, 0.5) is 0 Å². The summed E-state index contributed by atoms with van der Waals surface area (Å²) in [6.45, 7) is 7.86. The minimum atomic E-state index is 0.342. The van der Waals surface area contributed by atoms with Crippen molar-refractivity contribution in [3.63, 3.8) is 0 Å². The van der Waals surface area contributed by atoms with E-state index < -0.39 is 0 Å². The SMILES string of the molecule is Clc1ccc(C2CN3CCC[C@H]3c3cc(OCCCN4CCOCC4)ccc32)cn1. The van der Waals surface area contributed by atoms with Crippen LogP contribution in [-0.2, 0) is 4.74 Å². The Kier molecular flexibility index (Phi) is 6.23. The van der Waals surface area contributed by atoms with E-state index in [0.717, 1.165) is 58.2 Å². The van der Waals surface area contributed by atoms with E-state index in [1.165, 1.54) is 36.1 Å². The lowest BCUT2D eigenvalue weighted by atomic mass is 9.82. The van der Waals surface area contributed by atoms with Crippen molar-refractivity contribution in [2.75, 3.05) is 52.5 Å². The molecule has 0 bridgehead atoms. The van der Waals surface area contributed by atoms with Gasteiger partial charge in [-0.3, -0.25) is 9.80 Å². The van der Waals surface area contributed by atoms with E-state index >= 15 is 0 Å². The molecule has 2 aromatic rings. The monoisotopic (exact) mass is 427 g/mol. The van der Waals surface area contributed by atoms with Crippen molar-refractivity contribution in [2.24, 2.45) is 0 Å². The van der Waals surface area contributed by atoms with Crippen LogP contribution in [0.15, 0.2) is 36.5 Å². The van der Waals surface area contributed by atoms with Crippen molar-refractivity contribution in [3.05, 3.63) is 58.4 Å². The van der Waals surface area contributed by atoms with Crippen molar-refractivity contribution in [1.29, 1.82) is 0 Å². The second kappa shape index (κ2) is 9.23. The summed E-state index contributed by atoms with van der Waals surface area (Å²) in [5.41, 5.74) is 4.09. The van der Waals surface area contributed by atoms with E-state index in [9.17, 15) is 0 Å². The number of halogens is 1. The van der Waals surface area contributed by atoms with E-state index in [-0.39, 0.29) is 0 Å². The number of hydrogen-bond donors (Lipinski definition) is 0. The highest BCUT2D eigenvalue weighted by Crippen LogP contribution is 2.45. The molecule has 5 rings (SSSR count). The number of rotatable bonds is 6. The molecule has 5 nitrogen and oxygen atoms in total. The Morgan fingerprint density at radius 2 is 2.00 bits per heavy atom. The van der Waals surface area contributed by atoms with Gasteiger partial charge in [-0.1, -0.05) is 23.7 Å². The van der Waals surface area contributed by atoms with Crippen LogP contribution >= 0.6 is 11.6 Å². The zero-order valence-electron chi connectivity index (χ0n) is 17.4. The minimum absolute atomic E-state index is 0.342. The predicted octanol–water partition coefficient (Wildman–Crippen LogP) is 4.12. The third kappa shape index (κ3) is 4.35. The first-order chi connectivity index (χ1) is 14.8. The van der Waals surface area contributed by atoms with Crippen LogP contribution in [0.3, 0.4) is 0 Å². The number of fused-ring (bicyclic) bond motifs is 3. The number of nitrogens with zero attached hydrogens (tertiary/aromatic N) is 3. The highest BCUT2D eigenvalue weighted by molar-refractivity contribution is 6.29. The van der Waals surface area contributed by atoms with Gasteiger partial charge in [0.1, 0.15) is 10.9 Å². The molecular weight excluding hydrogens is 398 g/mol. The fourth-order valence-electron chi connectivity index (χ4n) is 5.16. The quantitative estimate of drug-likeness (QED) is 0.512. The maximum Gasteiger partial charge on any atom is 0.129 e. The van der Waals surface area contributed by atoms with Crippen LogP contribution in [0.1, 0.15) is 47.9 Å². The Morgan fingerprint density at radius 1 is 1.10 bits per heavy atom. The number of morpholine rings is 1. The molecule has 0 spiro atoms. The van der Waals surface area contributed by atoms with Crippen molar-refractivity contribution < 1.29 is 9.47 Å². The Bertz CT molecular complexity index is 854. The zero-order valence-corrected chi connectivity index (χ0v) is 18.2. The van der Waals surface area contributed by atoms with E-state index in [4.69, 9.17) is 21.1 Å². The van der Waals surface area contributed by atoms with Crippen LogP contribution in [0.2, 0.25) is 5.15 Å². The molecule has 3 aliphatic rings. The third-order valence-electron chi connectivity index (χ3n) is 6.72. The minimum Gasteiger partial charge on any atom is -0.494 e. The molecule has 0 saturated carbocycles. The summed E-state index contributed by atoms with van der Waals surface area (Å²) in [4.78, 5) is 9.42. The molecule has 30 heavy (non-hydrogen) atoms. The molecule has 6 heteroatoms. The maximum absolute atomic E-state index is 6.16. The van der Waals surface area contributed by atoms with Crippen LogP contribution in [-0.4, -0.2) is 67.3 Å². The van der Waals surface area contributed by atoms with Gasteiger partial charge in [-0.15, -0.1) is 0 Å². The second-order valence-electron chi connectivity index (χ2n) is 8.57. The number of benzene rings is 1. The van der Waals surface area contributed by atoms with Gasteiger partial charge in [0, 0.05) is 44.3 Å². The fourth-order valence-corrected chi connectivity index (χ4v) is 5.27. The van der Waals surface area contributed by atoms with Gasteiger partial charge in [0.2, 0.25) is 0 Å². The largest absolute Gasteiger partial charge is 0.494 e. The summed E-state index contributed by atoms with van der Waals surface area (Å²) in [6.07, 6.45) is 5.48. The third-order valence-corrected chi connectivity index (χ3v) is 6.94. The lowest BCUT2D eigenvalue weighted by Crippen LogP contribution is -2.37. The van der Waals surface area contributed by atoms with Crippen molar-refractivity contribution >= 4 is 11.6 Å². The van der Waals surface area contributed by atoms with Crippen molar-refractivity contribution in [1.82, 2.24) is 14.8 Å². The molecule has 3 aliphatic heterocycles. The number of hydrogen-bond acceptors (Lipinski definition) is 5. The standard InChI is InChI=1S/C24H30ClN3O2/c25-24-7-4-18(16-26-24)22-17-28-9-1-3-23(28)21-15-19(5-6-20(21)22)30-12-2-8-27-10-13-29-14-11-27/h4-7,15-16,22-23H,1-3,8-14,17H2/t22?,23-/m0/s1. The normalized spacial score (nSPS) is 24.4. The molecule has 2 fully saturated rings. The molecule has 4 heterocycles. The molecule has 2 atom stereocenters. The Hall–Kier alpha value is -1.66. The topological polar surface area (TPSA) is 37.8 Å². The highest BCUT2D eigenvalue weighted by atomic mass is 35.5. The number of ether oxygens (including phenoxy) is 2. The summed E-state index contributed by atoms with van der Waals surface area (Å²) >= 11 is 6.02. The van der Waals surface area contributed by atoms with Gasteiger partial charge in [0.05, 0.1) is 19.8 Å². The smallest absolute Gasteiger partial charge is 0.129 e. The van der Waals surface area contributed by atoms with Gasteiger partial charge in [0.25, 0.3) is 0 Å². The Morgan fingerprint density at radius 3 is 2.83 bits per heavy atom. The van der Waals surface area contributed by atoms with Crippen LogP contribution in [0.5, 0.6) is 5.75 Å². The summed E-state index contributed by atoms with van der Waals surface area (Å²) in [5.74, 6) is 1.34. The highest BCUT2D eigenvalue weighted by Gasteiger charge is 2.36. The lowest BCUT2D eigenvalue weighted by molar-refractivity contribution is 0.0358. The summed E-state index contributed by atoms with van der Waals surface area (Å²) in [7, 11) is 0. The molecule has 0 radical (unpaired) electrons. The lowest BCUT2D eigenvalue weighted by Gasteiger charge is -2.37. The Balaban J connectivity index is 1.29. The number of pyridine rings is 1. The first-order valence-electron chi connectivity index (χ1n) is 11.2. The fraction of sp³-hybridized carbons (Fsp3) is 0.542. The van der Waals surface area contributed by atoms with Crippen LogP contribution in [0, 0.1) is 0 Å². The first-order valence-corrected chi connectivity index (χ1v) is 11.6. The molecule has 0 aliphatic carbocycles. The first kappa shape index (κ1) is 20.3. The molecule has 1 aromatic heterocycles. The molecule has 0 amide bonds. The van der Waals surface area contributed by atoms with Gasteiger partial charge >= 0.3 is 0 Å². The maximum atomic E-state index is 6.16. The van der Waals surface area contributed by atoms with Crippen molar-refractivity contribution in [2.45, 2.75) is 31.2 Å². The molecule has 0 N–H and O–H groups in total. The summed E-state index contributed by atoms with van der Waals surface area (Å²) in [6, 6.07) is 11.3. The molecular formula is C24H30ClN3O2. The predicted molar refractivity (Wildman–Crippen MR) is 118 cm³/mol. The van der Waals surface area contributed by atoms with Gasteiger partial charge in [0.15, 0.2) is 0 Å². The second-order valence-corrected chi connectivity index (χ2v) is 8.95. The van der Waals surface area contributed by atoms with Crippen LogP contribution < -0.4 is 4.74 Å². The Labute approximate surface area is 183 Å². The van der Waals surface area contributed by atoms with Crippen LogP contribution in [0.25, 0.3) is 0 Å².